The van der Waals surface area contributed by atoms with Crippen LogP contribution < -0.4 is 21.3 Å². The second-order valence-electron chi connectivity index (χ2n) is 25.4. The molecule has 0 bridgehead atoms. The Morgan fingerprint density at radius 1 is 0.250 bits per heavy atom. The van der Waals surface area contributed by atoms with Gasteiger partial charge < -0.3 is 18.6 Å². The van der Waals surface area contributed by atoms with Gasteiger partial charge in [0.15, 0.2) is 0 Å². The summed E-state index contributed by atoms with van der Waals surface area (Å²) in [6, 6.07) is 129. The van der Waals surface area contributed by atoms with Crippen molar-refractivity contribution in [2.45, 2.75) is 9.79 Å². The Labute approximate surface area is 560 Å². The standard InChI is InChI=1S/C90H57BN4S/c1-5-25-58(26-6-1)62-33-23-34-63(53-62)64-47-51-82-74(54-64)87-83(94(82)77-42-18-13-35-67(77)59-27-7-2-8-28-59)52-50-76-90(87)96-86-57-66(93-80-45-21-16-38-72(80)73-39-17-22-46-81(73)93)56-85-88(86)91(76)75-49-48-65(92-78-43-19-14-36-70(78)71-37-15-20-44-79(71)92)55-84(75)95(85)89-68(60-29-9-3-10-30-60)40-24-41-69(89)61-31-11-4-12-32-61/h1-57H. The zero-order valence-corrected chi connectivity index (χ0v) is 53.0. The topological polar surface area (TPSA) is 18.0 Å². The average Bonchev–Trinajstić information content (AvgIpc) is 1.16. The lowest BCUT2D eigenvalue weighted by Crippen LogP contribution is -2.60. The molecule has 15 aromatic carbocycles. The van der Waals surface area contributed by atoms with E-state index in [1.54, 1.807) is 0 Å². The van der Waals surface area contributed by atoms with Gasteiger partial charge in [0, 0.05) is 81.5 Å². The first kappa shape index (κ1) is 54.5. The molecule has 0 saturated heterocycles. The molecule has 446 valence electrons. The van der Waals surface area contributed by atoms with E-state index in [0.29, 0.717) is 0 Å². The minimum atomic E-state index is -0.175. The molecule has 0 aliphatic carbocycles. The van der Waals surface area contributed by atoms with Crippen molar-refractivity contribution in [2.24, 2.45) is 0 Å². The molecule has 0 spiro atoms. The predicted molar refractivity (Wildman–Crippen MR) is 407 cm³/mol. The van der Waals surface area contributed by atoms with Crippen molar-refractivity contribution in [1.29, 1.82) is 0 Å². The summed E-state index contributed by atoms with van der Waals surface area (Å²) in [5.41, 5.74) is 29.3. The van der Waals surface area contributed by atoms with Gasteiger partial charge in [-0.1, -0.05) is 284 Å². The molecule has 96 heavy (non-hydrogen) atoms. The summed E-state index contributed by atoms with van der Waals surface area (Å²) in [6.45, 7) is -0.175. The Hall–Kier alpha value is -12.1. The minimum absolute atomic E-state index is 0.175. The second-order valence-corrected chi connectivity index (χ2v) is 26.5. The second kappa shape index (κ2) is 21.8. The molecule has 0 N–H and O–H groups in total. The molecule has 20 rings (SSSR count). The summed E-state index contributed by atoms with van der Waals surface area (Å²) in [5.74, 6) is 0. The van der Waals surface area contributed by atoms with E-state index in [4.69, 9.17) is 0 Å². The maximum Gasteiger partial charge on any atom is 0.249 e. The first-order valence-electron chi connectivity index (χ1n) is 33.1. The first-order chi connectivity index (χ1) is 47.7. The van der Waals surface area contributed by atoms with Gasteiger partial charge in [0.2, 0.25) is 6.71 Å². The van der Waals surface area contributed by atoms with E-state index in [1.807, 2.05) is 11.8 Å². The van der Waals surface area contributed by atoms with Crippen LogP contribution in [0.3, 0.4) is 0 Å². The van der Waals surface area contributed by atoms with Crippen LogP contribution in [0.1, 0.15) is 0 Å². The van der Waals surface area contributed by atoms with Crippen molar-refractivity contribution in [3.8, 4) is 72.7 Å². The molecule has 3 aromatic heterocycles. The highest BCUT2D eigenvalue weighted by Gasteiger charge is 2.44. The lowest BCUT2D eigenvalue weighted by Gasteiger charge is -2.42. The molecule has 0 unspecified atom stereocenters. The SMILES string of the molecule is c1ccc(-c2cccc(-c3ccc4c(c3)c3c5c(ccc3n4-c3ccccc3-c3ccccc3)B3c4ccc(-n6c7ccccc7c7ccccc76)cc4N(c4c(-c6ccccc6)cccc4-c4ccccc4)c4cc(-n6c7ccccc7c7ccccc76)cc(c43)S5)c2)cc1. The van der Waals surface area contributed by atoms with Gasteiger partial charge in [0.05, 0.1) is 44.5 Å². The van der Waals surface area contributed by atoms with Crippen molar-refractivity contribution < 1.29 is 0 Å². The molecule has 0 fully saturated rings. The maximum absolute atomic E-state index is 2.68. The van der Waals surface area contributed by atoms with Crippen LogP contribution in [-0.2, 0) is 0 Å². The number of benzene rings is 15. The van der Waals surface area contributed by atoms with Crippen LogP contribution >= 0.6 is 11.8 Å². The predicted octanol–water partition coefficient (Wildman–Crippen LogP) is 22.1. The molecular weight excluding hydrogens is 1180 g/mol. The van der Waals surface area contributed by atoms with Gasteiger partial charge in [-0.3, -0.25) is 0 Å². The summed E-state index contributed by atoms with van der Waals surface area (Å²) in [6.07, 6.45) is 0. The molecule has 4 nitrogen and oxygen atoms in total. The van der Waals surface area contributed by atoms with Gasteiger partial charge in [-0.25, -0.2) is 0 Å². The Morgan fingerprint density at radius 2 is 0.688 bits per heavy atom. The fraction of sp³-hybridized carbons (Fsp3) is 0. The van der Waals surface area contributed by atoms with Crippen molar-refractivity contribution >= 4 is 117 Å². The summed E-state index contributed by atoms with van der Waals surface area (Å²) >= 11 is 1.95. The minimum Gasteiger partial charge on any atom is -0.310 e. The lowest BCUT2D eigenvalue weighted by atomic mass is 9.34. The number of anilines is 3. The Bertz CT molecular complexity index is 6020. The highest BCUT2D eigenvalue weighted by atomic mass is 32.2. The quantitative estimate of drug-likeness (QED) is 0.134. The number of hydrogen-bond acceptors (Lipinski definition) is 2. The fourth-order valence-electron chi connectivity index (χ4n) is 16.2. The molecule has 2 aliphatic rings. The van der Waals surface area contributed by atoms with E-state index in [1.165, 1.54) is 119 Å². The molecule has 0 saturated carbocycles. The number of para-hydroxylation sites is 6. The summed E-state index contributed by atoms with van der Waals surface area (Å²) < 4.78 is 7.57. The van der Waals surface area contributed by atoms with E-state index in [2.05, 4.69) is 364 Å². The summed E-state index contributed by atoms with van der Waals surface area (Å²) in [5, 5.41) is 7.38. The zero-order chi connectivity index (χ0) is 63.0. The van der Waals surface area contributed by atoms with Crippen LogP contribution in [-0.4, -0.2) is 20.4 Å². The summed E-state index contributed by atoms with van der Waals surface area (Å²) in [7, 11) is 0. The average molecular weight is 1240 g/mol. The molecular formula is C90H57BN4S. The molecule has 0 atom stereocenters. The third-order valence-corrected chi connectivity index (χ3v) is 21.5. The highest BCUT2D eigenvalue weighted by Crippen LogP contribution is 2.53. The van der Waals surface area contributed by atoms with Gasteiger partial charge >= 0.3 is 0 Å². The largest absolute Gasteiger partial charge is 0.310 e. The van der Waals surface area contributed by atoms with Crippen molar-refractivity contribution in [3.63, 3.8) is 0 Å². The van der Waals surface area contributed by atoms with Gasteiger partial charge in [-0.2, -0.15) is 0 Å². The van der Waals surface area contributed by atoms with Gasteiger partial charge in [-0.05, 0) is 129 Å². The fourth-order valence-corrected chi connectivity index (χ4v) is 17.5. The van der Waals surface area contributed by atoms with Crippen LogP contribution in [0.25, 0.3) is 138 Å². The molecule has 2 aliphatic heterocycles. The van der Waals surface area contributed by atoms with Gasteiger partial charge in [0.25, 0.3) is 0 Å². The third-order valence-electron chi connectivity index (χ3n) is 20.3. The van der Waals surface area contributed by atoms with Crippen LogP contribution in [0.15, 0.2) is 356 Å². The number of aromatic nitrogens is 3. The monoisotopic (exact) mass is 1240 g/mol. The Kier molecular flexibility index (Phi) is 12.3. The number of hydrogen-bond donors (Lipinski definition) is 0. The van der Waals surface area contributed by atoms with E-state index in [-0.39, 0.29) is 6.71 Å². The van der Waals surface area contributed by atoms with Crippen molar-refractivity contribution in [1.82, 2.24) is 13.7 Å². The molecule has 0 amide bonds. The Balaban J connectivity index is 0.926. The normalized spacial score (nSPS) is 12.5. The molecule has 0 radical (unpaired) electrons. The van der Waals surface area contributed by atoms with E-state index >= 15 is 0 Å². The summed E-state index contributed by atoms with van der Waals surface area (Å²) in [4.78, 5) is 5.18. The van der Waals surface area contributed by atoms with E-state index in [0.717, 1.165) is 61.9 Å². The molecule has 5 heterocycles. The van der Waals surface area contributed by atoms with Crippen molar-refractivity contribution in [3.05, 3.63) is 346 Å². The molecule has 18 aromatic rings. The smallest absolute Gasteiger partial charge is 0.249 e. The van der Waals surface area contributed by atoms with Gasteiger partial charge in [-0.15, -0.1) is 0 Å². The zero-order valence-electron chi connectivity index (χ0n) is 52.2. The van der Waals surface area contributed by atoms with Crippen molar-refractivity contribution in [2.75, 3.05) is 4.90 Å². The van der Waals surface area contributed by atoms with Crippen LogP contribution in [0.4, 0.5) is 17.1 Å². The number of rotatable bonds is 9. The van der Waals surface area contributed by atoms with Crippen LogP contribution in [0.5, 0.6) is 0 Å². The number of fused-ring (bicyclic) bond motifs is 14. The first-order valence-corrected chi connectivity index (χ1v) is 33.9. The van der Waals surface area contributed by atoms with Gasteiger partial charge in [0.1, 0.15) is 0 Å². The highest BCUT2D eigenvalue weighted by molar-refractivity contribution is 8.00. The maximum atomic E-state index is 2.68. The van der Waals surface area contributed by atoms with Crippen LogP contribution in [0, 0.1) is 0 Å². The molecule has 6 heteroatoms. The third kappa shape index (κ3) is 8.32. The van der Waals surface area contributed by atoms with Crippen LogP contribution in [0.2, 0.25) is 0 Å². The number of nitrogens with zero attached hydrogens (tertiary/aromatic N) is 4. The lowest BCUT2D eigenvalue weighted by molar-refractivity contribution is 1.15. The Morgan fingerprint density at radius 3 is 1.29 bits per heavy atom. The van der Waals surface area contributed by atoms with E-state index < -0.39 is 0 Å². The van der Waals surface area contributed by atoms with E-state index in [9.17, 15) is 0 Å².